The van der Waals surface area contributed by atoms with Crippen LogP contribution in [0.2, 0.25) is 0 Å². The molecule has 20 heavy (non-hydrogen) atoms. The van der Waals surface area contributed by atoms with E-state index in [1.807, 2.05) is 0 Å². The molecule has 0 aromatic carbocycles. The Bertz CT molecular complexity index is 395. The number of urea groups is 1. The summed E-state index contributed by atoms with van der Waals surface area (Å²) in [6.45, 7) is 4.03. The maximum Gasteiger partial charge on any atom is 0.326 e. The van der Waals surface area contributed by atoms with Crippen molar-refractivity contribution in [2.75, 3.05) is 20.1 Å². The third-order valence-corrected chi connectivity index (χ3v) is 3.57. The monoisotopic (exact) mass is 285 g/mol. The zero-order chi connectivity index (χ0) is 15.3. The van der Waals surface area contributed by atoms with Crippen LogP contribution in [-0.2, 0) is 9.59 Å². The van der Waals surface area contributed by atoms with Gasteiger partial charge in [-0.05, 0) is 33.1 Å². The third-order valence-electron chi connectivity index (χ3n) is 3.57. The summed E-state index contributed by atoms with van der Waals surface area (Å²) in [5.41, 5.74) is -0.737. The number of carboxylic acid groups (broad SMARTS) is 1. The topological polar surface area (TPSA) is 98.7 Å². The highest BCUT2D eigenvalue weighted by Crippen LogP contribution is 2.18. The molecule has 7 nitrogen and oxygen atoms in total. The number of aliphatic carboxylic acids is 1. The van der Waals surface area contributed by atoms with Crippen LogP contribution >= 0.6 is 0 Å². The van der Waals surface area contributed by atoms with Crippen molar-refractivity contribution >= 4 is 17.9 Å². The molecule has 0 radical (unpaired) electrons. The Morgan fingerprint density at radius 3 is 2.50 bits per heavy atom. The zero-order valence-electron chi connectivity index (χ0n) is 12.2. The quantitative estimate of drug-likeness (QED) is 0.696. The lowest BCUT2D eigenvalue weighted by molar-refractivity contribution is -0.143. The Hall–Kier alpha value is -1.79. The molecule has 0 bridgehead atoms. The minimum atomic E-state index is -0.981. The number of hydrogen-bond acceptors (Lipinski definition) is 3. The van der Waals surface area contributed by atoms with Crippen molar-refractivity contribution in [2.24, 2.45) is 5.41 Å². The number of rotatable bonds is 4. The Morgan fingerprint density at radius 2 is 1.95 bits per heavy atom. The minimum Gasteiger partial charge on any atom is -0.480 e. The van der Waals surface area contributed by atoms with Gasteiger partial charge in [0.25, 0.3) is 0 Å². The molecule has 114 valence electrons. The fourth-order valence-corrected chi connectivity index (χ4v) is 2.25. The standard InChI is InChI=1S/C13H23N3O4/c1-13(2,11(19)14-3)8-15-12(20)16-7-5-4-6-9(16)10(17)18/h9H,4-8H2,1-3H3,(H,14,19)(H,15,20)(H,17,18). The number of likely N-dealkylation sites (tertiary alicyclic amines) is 1. The summed E-state index contributed by atoms with van der Waals surface area (Å²) in [5, 5.41) is 14.3. The zero-order valence-corrected chi connectivity index (χ0v) is 12.2. The highest BCUT2D eigenvalue weighted by Gasteiger charge is 2.33. The first-order chi connectivity index (χ1) is 9.29. The van der Waals surface area contributed by atoms with E-state index < -0.39 is 23.5 Å². The van der Waals surface area contributed by atoms with Gasteiger partial charge in [-0.2, -0.15) is 0 Å². The van der Waals surface area contributed by atoms with Crippen LogP contribution in [0.1, 0.15) is 33.1 Å². The third kappa shape index (κ3) is 3.85. The lowest BCUT2D eigenvalue weighted by Gasteiger charge is -2.34. The van der Waals surface area contributed by atoms with Gasteiger partial charge in [-0.1, -0.05) is 0 Å². The van der Waals surface area contributed by atoms with Crippen molar-refractivity contribution < 1.29 is 19.5 Å². The van der Waals surface area contributed by atoms with Gasteiger partial charge in [0, 0.05) is 20.1 Å². The number of piperidine rings is 1. The van der Waals surface area contributed by atoms with E-state index >= 15 is 0 Å². The number of hydrogen-bond donors (Lipinski definition) is 3. The van der Waals surface area contributed by atoms with Crippen molar-refractivity contribution in [1.82, 2.24) is 15.5 Å². The fourth-order valence-electron chi connectivity index (χ4n) is 2.25. The first-order valence-electron chi connectivity index (χ1n) is 6.79. The Kier molecular flexibility index (Phi) is 5.35. The first-order valence-corrected chi connectivity index (χ1v) is 6.79. The molecule has 0 aliphatic carbocycles. The van der Waals surface area contributed by atoms with E-state index in [0.29, 0.717) is 13.0 Å². The van der Waals surface area contributed by atoms with Crippen LogP contribution in [0.4, 0.5) is 4.79 Å². The van der Waals surface area contributed by atoms with Crippen LogP contribution < -0.4 is 10.6 Å². The fraction of sp³-hybridized carbons (Fsp3) is 0.769. The van der Waals surface area contributed by atoms with Crippen LogP contribution in [0.3, 0.4) is 0 Å². The molecule has 7 heteroatoms. The Balaban J connectivity index is 2.61. The van der Waals surface area contributed by atoms with E-state index in [1.54, 1.807) is 13.8 Å². The predicted molar refractivity (Wildman–Crippen MR) is 73.2 cm³/mol. The average Bonchev–Trinajstić information content (AvgIpc) is 2.43. The number of nitrogens with zero attached hydrogens (tertiary/aromatic N) is 1. The van der Waals surface area contributed by atoms with Crippen LogP contribution in [-0.4, -0.2) is 54.1 Å². The van der Waals surface area contributed by atoms with Gasteiger partial charge in [0.05, 0.1) is 5.41 Å². The SMILES string of the molecule is CNC(=O)C(C)(C)CNC(=O)N1CCCCC1C(=O)O. The van der Waals surface area contributed by atoms with E-state index in [4.69, 9.17) is 5.11 Å². The molecule has 1 heterocycles. The second-order valence-corrected chi connectivity index (χ2v) is 5.66. The highest BCUT2D eigenvalue weighted by molar-refractivity contribution is 5.85. The molecular weight excluding hydrogens is 262 g/mol. The van der Waals surface area contributed by atoms with Crippen LogP contribution in [0, 0.1) is 5.41 Å². The minimum absolute atomic E-state index is 0.161. The number of carboxylic acids is 1. The van der Waals surface area contributed by atoms with Crippen LogP contribution in [0.5, 0.6) is 0 Å². The summed E-state index contributed by atoms with van der Waals surface area (Å²) in [4.78, 5) is 36.2. The number of carbonyl (C=O) groups excluding carboxylic acids is 2. The van der Waals surface area contributed by atoms with E-state index in [9.17, 15) is 14.4 Å². The molecule has 0 spiro atoms. The van der Waals surface area contributed by atoms with Gasteiger partial charge in [-0.15, -0.1) is 0 Å². The summed E-state index contributed by atoms with van der Waals surface area (Å²) in [5.74, 6) is -1.16. The van der Waals surface area contributed by atoms with Crippen molar-refractivity contribution in [3.8, 4) is 0 Å². The maximum atomic E-state index is 12.1. The van der Waals surface area contributed by atoms with Crippen molar-refractivity contribution in [3.05, 3.63) is 0 Å². The molecule has 1 rings (SSSR count). The van der Waals surface area contributed by atoms with E-state index in [1.165, 1.54) is 11.9 Å². The van der Waals surface area contributed by atoms with Gasteiger partial charge in [0.15, 0.2) is 0 Å². The smallest absolute Gasteiger partial charge is 0.326 e. The molecule has 1 unspecified atom stereocenters. The summed E-state index contributed by atoms with van der Waals surface area (Å²) in [6.07, 6.45) is 2.09. The highest BCUT2D eigenvalue weighted by atomic mass is 16.4. The molecule has 1 aliphatic heterocycles. The summed E-state index contributed by atoms with van der Waals surface area (Å²) in [6, 6.07) is -1.19. The number of nitrogens with one attached hydrogen (secondary N) is 2. The number of amides is 3. The molecule has 1 atom stereocenters. The van der Waals surface area contributed by atoms with Crippen molar-refractivity contribution in [1.29, 1.82) is 0 Å². The summed E-state index contributed by atoms with van der Waals surface area (Å²) >= 11 is 0. The summed E-state index contributed by atoms with van der Waals surface area (Å²) < 4.78 is 0. The average molecular weight is 285 g/mol. The second-order valence-electron chi connectivity index (χ2n) is 5.66. The molecule has 0 aromatic heterocycles. The van der Waals surface area contributed by atoms with Crippen LogP contribution in [0.25, 0.3) is 0 Å². The molecular formula is C13H23N3O4. The van der Waals surface area contributed by atoms with E-state index in [0.717, 1.165) is 12.8 Å². The molecule has 1 saturated heterocycles. The molecule has 0 saturated carbocycles. The maximum absolute atomic E-state index is 12.1. The van der Waals surface area contributed by atoms with E-state index in [-0.39, 0.29) is 12.5 Å². The van der Waals surface area contributed by atoms with Gasteiger partial charge in [0.1, 0.15) is 6.04 Å². The lowest BCUT2D eigenvalue weighted by Crippen LogP contribution is -2.54. The Labute approximate surface area is 118 Å². The molecule has 3 N–H and O–H groups in total. The van der Waals surface area contributed by atoms with E-state index in [2.05, 4.69) is 10.6 Å². The molecule has 0 aromatic rings. The second kappa shape index (κ2) is 6.58. The summed E-state index contributed by atoms with van der Waals surface area (Å²) in [7, 11) is 1.54. The van der Waals surface area contributed by atoms with Crippen molar-refractivity contribution in [2.45, 2.75) is 39.2 Å². The largest absolute Gasteiger partial charge is 0.480 e. The first kappa shape index (κ1) is 16.3. The van der Waals surface area contributed by atoms with Gasteiger partial charge in [-0.25, -0.2) is 9.59 Å². The number of carbonyl (C=O) groups is 3. The van der Waals surface area contributed by atoms with Gasteiger partial charge >= 0.3 is 12.0 Å². The van der Waals surface area contributed by atoms with Gasteiger partial charge < -0.3 is 20.6 Å². The normalized spacial score (nSPS) is 19.4. The molecule has 1 fully saturated rings. The molecule has 1 aliphatic rings. The Morgan fingerprint density at radius 1 is 1.30 bits per heavy atom. The molecule has 3 amide bonds. The van der Waals surface area contributed by atoms with Crippen LogP contribution in [0.15, 0.2) is 0 Å². The lowest BCUT2D eigenvalue weighted by atomic mass is 9.92. The van der Waals surface area contributed by atoms with Gasteiger partial charge in [-0.3, -0.25) is 4.79 Å². The van der Waals surface area contributed by atoms with Crippen molar-refractivity contribution in [3.63, 3.8) is 0 Å². The van der Waals surface area contributed by atoms with Gasteiger partial charge in [0.2, 0.25) is 5.91 Å². The predicted octanol–water partition coefficient (Wildman–Crippen LogP) is 0.407.